The van der Waals surface area contributed by atoms with Crippen LogP contribution in [0.2, 0.25) is 0 Å². The van der Waals surface area contributed by atoms with Gasteiger partial charge in [0.15, 0.2) is 0 Å². The van der Waals surface area contributed by atoms with Gasteiger partial charge in [0.1, 0.15) is 0 Å². The molecule has 0 heterocycles. The van der Waals surface area contributed by atoms with Gasteiger partial charge in [-0.1, -0.05) is 25.3 Å². The lowest BCUT2D eigenvalue weighted by Gasteiger charge is -2.31. The van der Waals surface area contributed by atoms with E-state index in [0.29, 0.717) is 6.54 Å². The molecule has 13 heavy (non-hydrogen) atoms. The monoisotopic (exact) mass is 182 g/mol. The zero-order valence-electron chi connectivity index (χ0n) is 8.01. The van der Waals surface area contributed by atoms with E-state index in [-0.39, 0.29) is 5.91 Å². The lowest BCUT2D eigenvalue weighted by atomic mass is 9.82. The molecule has 0 aromatic carbocycles. The Labute approximate surface area is 79.4 Å². The minimum absolute atomic E-state index is 0.0212. The third-order valence-corrected chi connectivity index (χ3v) is 2.60. The molecule has 0 aromatic rings. The minimum Gasteiger partial charge on any atom is -0.351 e. The Bertz CT molecular complexity index is 195. The second-order valence-electron chi connectivity index (χ2n) is 3.72. The molecule has 3 N–H and O–H groups in total. The topological polar surface area (TPSA) is 55.1 Å². The number of nitrogens with two attached hydrogens (primary N) is 1. The molecule has 1 amide bonds. The van der Waals surface area contributed by atoms with Gasteiger partial charge in [-0.3, -0.25) is 4.79 Å². The molecule has 0 atom stereocenters. The van der Waals surface area contributed by atoms with Crippen LogP contribution in [0.5, 0.6) is 0 Å². The molecule has 1 rings (SSSR count). The molecule has 0 saturated heterocycles. The van der Waals surface area contributed by atoms with Crippen molar-refractivity contribution in [3.05, 3.63) is 12.7 Å². The fraction of sp³-hybridized carbons (Fsp3) is 0.700. The predicted molar refractivity (Wildman–Crippen MR) is 53.2 cm³/mol. The Hall–Kier alpha value is -0.830. The Morgan fingerprint density at radius 1 is 1.46 bits per heavy atom. The van der Waals surface area contributed by atoms with Gasteiger partial charge in [0.25, 0.3) is 0 Å². The van der Waals surface area contributed by atoms with E-state index < -0.39 is 5.54 Å². The molecule has 3 heteroatoms. The molecule has 0 bridgehead atoms. The van der Waals surface area contributed by atoms with Crippen LogP contribution in [0.25, 0.3) is 0 Å². The zero-order chi connectivity index (χ0) is 9.73. The van der Waals surface area contributed by atoms with E-state index >= 15 is 0 Å². The molecule has 1 fully saturated rings. The Balaban J connectivity index is 2.46. The Kier molecular flexibility index (Phi) is 3.48. The SMILES string of the molecule is C=CCNC(=O)C1(N)CCCCC1. The summed E-state index contributed by atoms with van der Waals surface area (Å²) < 4.78 is 0. The van der Waals surface area contributed by atoms with E-state index in [1.165, 1.54) is 6.42 Å². The van der Waals surface area contributed by atoms with E-state index in [1.807, 2.05) is 0 Å². The normalized spacial score (nSPS) is 20.7. The number of carbonyl (C=O) groups is 1. The van der Waals surface area contributed by atoms with E-state index in [4.69, 9.17) is 5.73 Å². The second kappa shape index (κ2) is 4.42. The van der Waals surface area contributed by atoms with Gasteiger partial charge in [0, 0.05) is 6.54 Å². The molecular weight excluding hydrogens is 164 g/mol. The lowest BCUT2D eigenvalue weighted by Crippen LogP contribution is -2.54. The molecule has 0 unspecified atom stereocenters. The summed E-state index contributed by atoms with van der Waals surface area (Å²) in [6.45, 7) is 4.06. The van der Waals surface area contributed by atoms with Crippen LogP contribution in [0.3, 0.4) is 0 Å². The van der Waals surface area contributed by atoms with Gasteiger partial charge in [-0.2, -0.15) is 0 Å². The number of amides is 1. The quantitative estimate of drug-likeness (QED) is 0.638. The van der Waals surface area contributed by atoms with Crippen molar-refractivity contribution in [2.45, 2.75) is 37.6 Å². The van der Waals surface area contributed by atoms with Crippen LogP contribution >= 0.6 is 0 Å². The van der Waals surface area contributed by atoms with Crippen LogP contribution in [-0.4, -0.2) is 18.0 Å². The smallest absolute Gasteiger partial charge is 0.240 e. The van der Waals surface area contributed by atoms with Crippen molar-refractivity contribution in [1.82, 2.24) is 5.32 Å². The van der Waals surface area contributed by atoms with Crippen molar-refractivity contribution in [3.63, 3.8) is 0 Å². The first-order valence-electron chi connectivity index (χ1n) is 4.87. The summed E-state index contributed by atoms with van der Waals surface area (Å²) in [5.74, 6) is -0.0212. The first kappa shape index (κ1) is 10.3. The number of hydrogen-bond acceptors (Lipinski definition) is 2. The number of rotatable bonds is 3. The van der Waals surface area contributed by atoms with Gasteiger partial charge in [-0.05, 0) is 12.8 Å². The maximum absolute atomic E-state index is 11.6. The van der Waals surface area contributed by atoms with Gasteiger partial charge < -0.3 is 11.1 Å². The average molecular weight is 182 g/mol. The molecule has 1 saturated carbocycles. The van der Waals surface area contributed by atoms with E-state index in [9.17, 15) is 4.79 Å². The van der Waals surface area contributed by atoms with Gasteiger partial charge in [-0.25, -0.2) is 0 Å². The highest BCUT2D eigenvalue weighted by Gasteiger charge is 2.34. The van der Waals surface area contributed by atoms with Gasteiger partial charge in [0.05, 0.1) is 5.54 Å². The standard InChI is InChI=1S/C10H18N2O/c1-2-8-12-9(13)10(11)6-4-3-5-7-10/h2H,1,3-8,11H2,(H,12,13). The molecule has 0 spiro atoms. The summed E-state index contributed by atoms with van der Waals surface area (Å²) >= 11 is 0. The lowest BCUT2D eigenvalue weighted by molar-refractivity contribution is -0.127. The third kappa shape index (κ3) is 2.56. The van der Waals surface area contributed by atoms with Crippen LogP contribution in [0.15, 0.2) is 12.7 Å². The maximum atomic E-state index is 11.6. The van der Waals surface area contributed by atoms with Crippen LogP contribution in [-0.2, 0) is 4.79 Å². The molecule has 1 aliphatic carbocycles. The summed E-state index contributed by atoms with van der Waals surface area (Å²) in [6.07, 6.45) is 6.64. The van der Waals surface area contributed by atoms with Gasteiger partial charge in [-0.15, -0.1) is 6.58 Å². The van der Waals surface area contributed by atoms with Crippen molar-refractivity contribution in [2.24, 2.45) is 5.73 Å². The summed E-state index contributed by atoms with van der Waals surface area (Å²) in [5, 5.41) is 2.76. The van der Waals surface area contributed by atoms with Crippen molar-refractivity contribution in [2.75, 3.05) is 6.54 Å². The zero-order valence-corrected chi connectivity index (χ0v) is 8.01. The van der Waals surface area contributed by atoms with Crippen LogP contribution in [0.1, 0.15) is 32.1 Å². The first-order chi connectivity index (χ1) is 6.19. The van der Waals surface area contributed by atoms with Crippen molar-refractivity contribution >= 4 is 5.91 Å². The fourth-order valence-electron chi connectivity index (χ4n) is 1.75. The van der Waals surface area contributed by atoms with E-state index in [2.05, 4.69) is 11.9 Å². The van der Waals surface area contributed by atoms with Crippen LogP contribution in [0, 0.1) is 0 Å². The molecular formula is C10H18N2O. The molecule has 0 radical (unpaired) electrons. The van der Waals surface area contributed by atoms with Gasteiger partial charge in [0.2, 0.25) is 5.91 Å². The predicted octanol–water partition coefficient (Wildman–Crippen LogP) is 0.950. The molecule has 74 valence electrons. The Morgan fingerprint density at radius 3 is 2.62 bits per heavy atom. The minimum atomic E-state index is -0.610. The molecule has 0 aromatic heterocycles. The second-order valence-corrected chi connectivity index (χ2v) is 3.72. The Morgan fingerprint density at radius 2 is 2.08 bits per heavy atom. The number of nitrogens with one attached hydrogen (secondary N) is 1. The van der Waals surface area contributed by atoms with Crippen molar-refractivity contribution < 1.29 is 4.79 Å². The molecule has 1 aliphatic rings. The molecule has 0 aliphatic heterocycles. The van der Waals surface area contributed by atoms with Crippen molar-refractivity contribution in [3.8, 4) is 0 Å². The maximum Gasteiger partial charge on any atom is 0.240 e. The average Bonchev–Trinajstić information content (AvgIpc) is 2.15. The summed E-state index contributed by atoms with van der Waals surface area (Å²) in [4.78, 5) is 11.6. The van der Waals surface area contributed by atoms with E-state index in [0.717, 1.165) is 25.7 Å². The summed E-state index contributed by atoms with van der Waals surface area (Å²) in [5.41, 5.74) is 5.39. The highest BCUT2D eigenvalue weighted by Crippen LogP contribution is 2.25. The summed E-state index contributed by atoms with van der Waals surface area (Å²) in [7, 11) is 0. The molecule has 3 nitrogen and oxygen atoms in total. The number of hydrogen-bond donors (Lipinski definition) is 2. The number of carbonyl (C=O) groups excluding carboxylic acids is 1. The first-order valence-corrected chi connectivity index (χ1v) is 4.87. The van der Waals surface area contributed by atoms with Crippen molar-refractivity contribution in [1.29, 1.82) is 0 Å². The van der Waals surface area contributed by atoms with Crippen LogP contribution < -0.4 is 11.1 Å². The third-order valence-electron chi connectivity index (χ3n) is 2.60. The fourth-order valence-corrected chi connectivity index (χ4v) is 1.75. The van der Waals surface area contributed by atoms with E-state index in [1.54, 1.807) is 6.08 Å². The summed E-state index contributed by atoms with van der Waals surface area (Å²) in [6, 6.07) is 0. The van der Waals surface area contributed by atoms with Crippen LogP contribution in [0.4, 0.5) is 0 Å². The highest BCUT2D eigenvalue weighted by atomic mass is 16.2. The van der Waals surface area contributed by atoms with Gasteiger partial charge >= 0.3 is 0 Å². The largest absolute Gasteiger partial charge is 0.351 e. The highest BCUT2D eigenvalue weighted by molar-refractivity contribution is 5.86.